The topological polar surface area (TPSA) is 9.23 Å². The van der Waals surface area contributed by atoms with Crippen molar-refractivity contribution in [3.05, 3.63) is 30.3 Å². The van der Waals surface area contributed by atoms with Crippen LogP contribution in [0, 0.1) is 0 Å². The zero-order valence-electron chi connectivity index (χ0n) is 19.2. The van der Waals surface area contributed by atoms with E-state index in [2.05, 4.69) is 69.0 Å². The maximum Gasteiger partial charge on any atom is 0.0806 e. The minimum Gasteiger partial charge on any atom is -0.379 e. The van der Waals surface area contributed by atoms with E-state index in [1.54, 1.807) is 5.19 Å². The Bertz CT molecular complexity index is 461. The molecule has 0 aromatic heterocycles. The Morgan fingerprint density at radius 1 is 0.750 bits per heavy atom. The highest BCUT2D eigenvalue weighted by Gasteiger charge is 2.21. The largest absolute Gasteiger partial charge is 0.379 e. The lowest BCUT2D eigenvalue weighted by Crippen LogP contribution is -2.40. The Hall–Kier alpha value is -0.253. The monoisotopic (exact) mass is 422 g/mol. The van der Waals surface area contributed by atoms with E-state index in [9.17, 15) is 0 Å². The summed E-state index contributed by atoms with van der Waals surface area (Å²) in [5.41, 5.74) is 0. The number of unbranched alkanes of at least 4 members (excludes halogenated alkanes) is 8. The molecule has 1 aromatic rings. The average molecular weight is 423 g/mol. The molecule has 0 saturated carbocycles. The van der Waals surface area contributed by atoms with Gasteiger partial charge in [-0.2, -0.15) is 11.8 Å². The molecule has 1 nitrogen and oxygen atoms in total. The van der Waals surface area contributed by atoms with Gasteiger partial charge in [0.25, 0.3) is 0 Å². The van der Waals surface area contributed by atoms with Crippen molar-refractivity contribution in [1.82, 2.24) is 0 Å². The van der Waals surface area contributed by atoms with Crippen molar-refractivity contribution in [1.29, 1.82) is 0 Å². The lowest BCUT2D eigenvalue weighted by atomic mass is 10.1. The average Bonchev–Trinajstić information content (AvgIpc) is 2.68. The predicted molar refractivity (Wildman–Crippen MR) is 133 cm³/mol. The number of rotatable bonds is 18. The first kappa shape index (κ1) is 25.8. The second kappa shape index (κ2) is 16.5. The Morgan fingerprint density at radius 2 is 1.29 bits per heavy atom. The van der Waals surface area contributed by atoms with Gasteiger partial charge in [0.05, 0.1) is 14.2 Å². The third kappa shape index (κ3) is 13.8. The zero-order valence-corrected chi connectivity index (χ0v) is 21.0. The van der Waals surface area contributed by atoms with Crippen LogP contribution in [0.1, 0.15) is 78.1 Å². The van der Waals surface area contributed by atoms with Crippen LogP contribution < -0.4 is 5.19 Å². The summed E-state index contributed by atoms with van der Waals surface area (Å²) in [6, 6.07) is 12.7. The Balaban J connectivity index is 1.82. The van der Waals surface area contributed by atoms with E-state index in [1.165, 1.54) is 81.8 Å². The summed E-state index contributed by atoms with van der Waals surface area (Å²) < 4.78 is 5.57. The van der Waals surface area contributed by atoms with Crippen LogP contribution in [0.4, 0.5) is 0 Å². The van der Waals surface area contributed by atoms with E-state index < -0.39 is 8.07 Å². The van der Waals surface area contributed by atoms with Gasteiger partial charge >= 0.3 is 0 Å². The fraction of sp³-hybridized carbons (Fsp3) is 0.760. The number of thioether (sulfide) groups is 1. The molecule has 0 radical (unpaired) electrons. The first-order chi connectivity index (χ1) is 13.5. The van der Waals surface area contributed by atoms with Gasteiger partial charge in [0, 0.05) is 6.61 Å². The third-order valence-electron chi connectivity index (χ3n) is 5.53. The smallest absolute Gasteiger partial charge is 0.0806 e. The van der Waals surface area contributed by atoms with Gasteiger partial charge in [-0.25, -0.2) is 0 Å². The van der Waals surface area contributed by atoms with Gasteiger partial charge in [-0.3, -0.25) is 0 Å². The fourth-order valence-electron chi connectivity index (χ4n) is 3.62. The van der Waals surface area contributed by atoms with Crippen LogP contribution in [0.15, 0.2) is 30.3 Å². The maximum atomic E-state index is 5.57. The Kier molecular flexibility index (Phi) is 15.2. The van der Waals surface area contributed by atoms with Gasteiger partial charge in [-0.15, -0.1) is 0 Å². The van der Waals surface area contributed by atoms with Gasteiger partial charge in [-0.1, -0.05) is 106 Å². The van der Waals surface area contributed by atoms with Gasteiger partial charge < -0.3 is 4.74 Å². The molecule has 0 spiro atoms. The molecule has 0 saturated heterocycles. The van der Waals surface area contributed by atoms with Crippen molar-refractivity contribution in [2.24, 2.45) is 0 Å². The van der Waals surface area contributed by atoms with E-state index >= 15 is 0 Å². The molecule has 0 unspecified atom stereocenters. The zero-order chi connectivity index (χ0) is 20.5. The molecule has 0 aliphatic heterocycles. The molecule has 162 valence electrons. The number of hydrogen-bond donors (Lipinski definition) is 0. The van der Waals surface area contributed by atoms with Crippen LogP contribution in [0.2, 0.25) is 19.1 Å². The van der Waals surface area contributed by atoms with E-state index in [1.807, 2.05) is 0 Å². The summed E-state index contributed by atoms with van der Waals surface area (Å²) in [5, 5.41) is 1.62. The normalized spacial score (nSPS) is 12.0. The van der Waals surface area contributed by atoms with Crippen molar-refractivity contribution in [3.8, 4) is 0 Å². The van der Waals surface area contributed by atoms with Gasteiger partial charge in [-0.05, 0) is 38.2 Å². The SMILES string of the molecule is CC(C)OCCCSCCCCCCCCCCC[Si](C)(C)c1ccccc1. The molecular weight excluding hydrogens is 376 g/mol. The third-order valence-corrected chi connectivity index (χ3v) is 10.2. The second-order valence-corrected chi connectivity index (χ2v) is 15.1. The molecule has 1 aromatic carbocycles. The van der Waals surface area contributed by atoms with E-state index in [4.69, 9.17) is 4.74 Å². The minimum absolute atomic E-state index is 0.382. The Labute approximate surface area is 181 Å². The molecule has 0 bridgehead atoms. The molecule has 0 aliphatic carbocycles. The first-order valence-electron chi connectivity index (χ1n) is 11.8. The number of ether oxygens (including phenoxy) is 1. The molecule has 0 aliphatic rings. The predicted octanol–water partition coefficient (Wildman–Crippen LogP) is 7.66. The minimum atomic E-state index is -1.20. The highest BCUT2D eigenvalue weighted by atomic mass is 32.2. The van der Waals surface area contributed by atoms with E-state index in [0.717, 1.165) is 6.61 Å². The van der Waals surface area contributed by atoms with Crippen molar-refractivity contribution in [3.63, 3.8) is 0 Å². The van der Waals surface area contributed by atoms with Crippen LogP contribution in [-0.2, 0) is 4.74 Å². The Morgan fingerprint density at radius 3 is 1.89 bits per heavy atom. The van der Waals surface area contributed by atoms with Gasteiger partial charge in [0.1, 0.15) is 0 Å². The molecular formula is C25H46OSSi. The molecule has 1 rings (SSSR count). The summed E-state index contributed by atoms with van der Waals surface area (Å²) in [7, 11) is -1.20. The maximum absolute atomic E-state index is 5.57. The van der Waals surface area contributed by atoms with Crippen LogP contribution in [-0.4, -0.2) is 32.3 Å². The summed E-state index contributed by atoms with van der Waals surface area (Å²) >= 11 is 2.11. The lowest BCUT2D eigenvalue weighted by molar-refractivity contribution is 0.0800. The van der Waals surface area contributed by atoms with Crippen LogP contribution >= 0.6 is 11.8 Å². The summed E-state index contributed by atoms with van der Waals surface area (Å²) in [6.45, 7) is 10.2. The lowest BCUT2D eigenvalue weighted by Gasteiger charge is -2.22. The molecule has 0 fully saturated rings. The van der Waals surface area contributed by atoms with Gasteiger partial charge in [0.15, 0.2) is 0 Å². The standard InChI is InChI=1S/C25H46OSSi/c1-24(2)26-20-17-22-27-21-15-10-8-6-5-7-9-11-16-23-28(3,4)25-18-13-12-14-19-25/h12-14,18-19,24H,5-11,15-17,20-23H2,1-4H3. The first-order valence-corrected chi connectivity index (χ1v) is 16.1. The van der Waals surface area contributed by atoms with E-state index in [0.29, 0.717) is 6.10 Å². The van der Waals surface area contributed by atoms with E-state index in [-0.39, 0.29) is 0 Å². The van der Waals surface area contributed by atoms with Crippen LogP contribution in [0.25, 0.3) is 0 Å². The molecule has 0 amide bonds. The molecule has 0 heterocycles. The second-order valence-electron chi connectivity index (χ2n) is 9.07. The quantitative estimate of drug-likeness (QED) is 0.177. The fourth-order valence-corrected chi connectivity index (χ4v) is 7.08. The number of hydrogen-bond acceptors (Lipinski definition) is 2. The summed E-state index contributed by atoms with van der Waals surface area (Å²) in [5.74, 6) is 2.60. The highest BCUT2D eigenvalue weighted by molar-refractivity contribution is 7.99. The summed E-state index contributed by atoms with van der Waals surface area (Å²) in [6.07, 6.45) is 14.5. The molecule has 0 N–H and O–H groups in total. The highest BCUT2D eigenvalue weighted by Crippen LogP contribution is 2.17. The molecule has 28 heavy (non-hydrogen) atoms. The van der Waals surface area contributed by atoms with Crippen molar-refractivity contribution >= 4 is 25.0 Å². The van der Waals surface area contributed by atoms with Crippen LogP contribution in [0.3, 0.4) is 0 Å². The summed E-state index contributed by atoms with van der Waals surface area (Å²) in [4.78, 5) is 0. The number of benzene rings is 1. The van der Waals surface area contributed by atoms with Crippen molar-refractivity contribution < 1.29 is 4.74 Å². The molecule has 0 atom stereocenters. The van der Waals surface area contributed by atoms with Crippen molar-refractivity contribution in [2.45, 2.75) is 103 Å². The van der Waals surface area contributed by atoms with Crippen molar-refractivity contribution in [2.75, 3.05) is 18.1 Å². The van der Waals surface area contributed by atoms with Gasteiger partial charge in [0.2, 0.25) is 0 Å². The molecule has 3 heteroatoms. The van der Waals surface area contributed by atoms with Crippen LogP contribution in [0.5, 0.6) is 0 Å².